The Morgan fingerprint density at radius 3 is 2.50 bits per heavy atom. The molecule has 12 heteroatoms. The van der Waals surface area contributed by atoms with Crippen LogP contribution in [0.4, 0.5) is 0 Å². The molecule has 5 rings (SSSR count). The molecular formula is C28H33N7O5. The number of aromatic nitrogens is 4. The van der Waals surface area contributed by atoms with E-state index < -0.39 is 16.8 Å². The lowest BCUT2D eigenvalue weighted by Crippen LogP contribution is -2.40. The fraction of sp³-hybridized carbons (Fsp3) is 0.429. The van der Waals surface area contributed by atoms with Crippen molar-refractivity contribution in [1.82, 2.24) is 30.5 Å². The van der Waals surface area contributed by atoms with Crippen molar-refractivity contribution < 1.29 is 24.8 Å². The molecule has 2 N–H and O–H groups in total. The van der Waals surface area contributed by atoms with E-state index >= 15 is 0 Å². The van der Waals surface area contributed by atoms with E-state index in [1.807, 2.05) is 53.4 Å². The standard InChI is InChI=1S/C28H33N7O5/c1-2-3-10-24-29-28(16-6-7-17-28)27(37)33(24)19-20-11-13-21(14-12-20)22-8-4-5-9-23(22)26-30-32-34(31-26)25(36)15-18-40-35(38)39/h4-5,8-9,11-14,38-39H,2-3,6-7,10,15-19H2,1H3. The second kappa shape index (κ2) is 12.1. The van der Waals surface area contributed by atoms with Crippen LogP contribution in [-0.2, 0) is 16.2 Å². The zero-order valence-corrected chi connectivity index (χ0v) is 22.4. The second-order valence-electron chi connectivity index (χ2n) is 10.1. The summed E-state index contributed by atoms with van der Waals surface area (Å²) in [7, 11) is 0. The summed E-state index contributed by atoms with van der Waals surface area (Å²) in [4.78, 5) is 37.9. The van der Waals surface area contributed by atoms with Gasteiger partial charge in [0.25, 0.3) is 11.8 Å². The highest BCUT2D eigenvalue weighted by Crippen LogP contribution is 2.40. The van der Waals surface area contributed by atoms with Gasteiger partial charge in [0.1, 0.15) is 11.4 Å². The molecule has 210 valence electrons. The number of unbranched alkanes of at least 4 members (excludes halogenated alkanes) is 1. The van der Waals surface area contributed by atoms with Crippen LogP contribution >= 0.6 is 0 Å². The molecule has 2 aliphatic rings. The highest BCUT2D eigenvalue weighted by atomic mass is 17.1. The molecule has 2 aromatic carbocycles. The Morgan fingerprint density at radius 2 is 1.80 bits per heavy atom. The highest BCUT2D eigenvalue weighted by Gasteiger charge is 2.49. The maximum Gasteiger partial charge on any atom is 0.268 e. The van der Waals surface area contributed by atoms with Crippen LogP contribution in [-0.4, -0.2) is 70.7 Å². The minimum atomic E-state index is -0.543. The van der Waals surface area contributed by atoms with Gasteiger partial charge in [-0.3, -0.25) is 34.7 Å². The average molecular weight is 548 g/mol. The molecular weight excluding hydrogens is 514 g/mol. The van der Waals surface area contributed by atoms with Crippen LogP contribution in [0.25, 0.3) is 22.5 Å². The quantitative estimate of drug-likeness (QED) is 0.336. The van der Waals surface area contributed by atoms with Crippen LogP contribution in [0.15, 0.2) is 53.5 Å². The Hall–Kier alpha value is -3.84. The van der Waals surface area contributed by atoms with E-state index in [1.165, 1.54) is 0 Å². The third kappa shape index (κ3) is 5.85. The Labute approximate surface area is 231 Å². The van der Waals surface area contributed by atoms with Gasteiger partial charge < -0.3 is 0 Å². The van der Waals surface area contributed by atoms with Gasteiger partial charge in [-0.2, -0.15) is 0 Å². The first-order chi connectivity index (χ1) is 19.4. The summed E-state index contributed by atoms with van der Waals surface area (Å²) < 4.78 is 0. The number of rotatable bonds is 11. The molecule has 0 atom stereocenters. The number of tetrazole rings is 1. The largest absolute Gasteiger partial charge is 0.294 e. The fourth-order valence-electron chi connectivity index (χ4n) is 5.34. The number of carbonyl (C=O) groups excluding carboxylic acids is 2. The number of carbonyl (C=O) groups is 2. The first-order valence-corrected chi connectivity index (χ1v) is 13.6. The summed E-state index contributed by atoms with van der Waals surface area (Å²) in [6.45, 7) is 2.38. The molecule has 12 nitrogen and oxygen atoms in total. The third-order valence-corrected chi connectivity index (χ3v) is 7.42. The van der Waals surface area contributed by atoms with Crippen molar-refractivity contribution in [2.24, 2.45) is 4.99 Å². The molecule has 0 bridgehead atoms. The summed E-state index contributed by atoms with van der Waals surface area (Å²) >= 11 is 0. The van der Waals surface area contributed by atoms with Gasteiger partial charge in [-0.15, -0.1) is 10.2 Å². The lowest BCUT2D eigenvalue weighted by Gasteiger charge is -2.23. The van der Waals surface area contributed by atoms with Crippen molar-refractivity contribution in [3.63, 3.8) is 0 Å². The minimum absolute atomic E-state index is 0.144. The number of hydrogen-bond acceptors (Lipinski definition) is 10. The number of hydrogen-bond donors (Lipinski definition) is 2. The number of aliphatic imine (C=N–C) groups is 1. The molecule has 0 unspecified atom stereocenters. The van der Waals surface area contributed by atoms with Crippen molar-refractivity contribution in [2.75, 3.05) is 6.61 Å². The monoisotopic (exact) mass is 547 g/mol. The maximum absolute atomic E-state index is 13.5. The van der Waals surface area contributed by atoms with Gasteiger partial charge in [-0.05, 0) is 41.2 Å². The summed E-state index contributed by atoms with van der Waals surface area (Å²) in [5.41, 5.74) is 2.98. The zero-order chi connectivity index (χ0) is 28.1. The van der Waals surface area contributed by atoms with E-state index in [9.17, 15) is 9.59 Å². The van der Waals surface area contributed by atoms with Gasteiger partial charge in [-0.1, -0.05) is 79.5 Å². The van der Waals surface area contributed by atoms with Crippen molar-refractivity contribution in [3.8, 4) is 22.5 Å². The predicted molar refractivity (Wildman–Crippen MR) is 144 cm³/mol. The van der Waals surface area contributed by atoms with Crippen molar-refractivity contribution >= 4 is 17.6 Å². The van der Waals surface area contributed by atoms with Crippen LogP contribution in [0, 0.1) is 0 Å². The van der Waals surface area contributed by atoms with Gasteiger partial charge in [0, 0.05) is 12.0 Å². The zero-order valence-electron chi connectivity index (χ0n) is 22.4. The summed E-state index contributed by atoms with van der Waals surface area (Å²) in [5.74, 6) is 0.829. The molecule has 0 radical (unpaired) electrons. The van der Waals surface area contributed by atoms with Crippen molar-refractivity contribution in [3.05, 3.63) is 54.1 Å². The first kappa shape index (κ1) is 27.7. The summed E-state index contributed by atoms with van der Waals surface area (Å²) in [6.07, 6.45) is 6.49. The lowest BCUT2D eigenvalue weighted by molar-refractivity contribution is -0.491. The topological polar surface area (TPSA) is 146 Å². The van der Waals surface area contributed by atoms with Crippen LogP contribution in [0.1, 0.15) is 68.6 Å². The molecule has 0 saturated heterocycles. The van der Waals surface area contributed by atoms with Gasteiger partial charge >= 0.3 is 0 Å². The van der Waals surface area contributed by atoms with E-state index in [0.29, 0.717) is 12.1 Å². The van der Waals surface area contributed by atoms with Crippen LogP contribution < -0.4 is 0 Å². The van der Waals surface area contributed by atoms with Crippen LogP contribution in [0.2, 0.25) is 0 Å². The maximum atomic E-state index is 13.5. The average Bonchev–Trinajstić information content (AvgIpc) is 3.70. The van der Waals surface area contributed by atoms with Gasteiger partial charge in [-0.25, -0.2) is 0 Å². The molecule has 1 amide bonds. The number of benzene rings is 2. The molecule has 1 aliphatic heterocycles. The normalized spacial score (nSPS) is 16.4. The third-order valence-electron chi connectivity index (χ3n) is 7.42. The van der Waals surface area contributed by atoms with E-state index in [2.05, 4.69) is 27.2 Å². The van der Waals surface area contributed by atoms with E-state index in [-0.39, 0.29) is 24.8 Å². The van der Waals surface area contributed by atoms with E-state index in [0.717, 1.165) is 72.3 Å². The predicted octanol–water partition coefficient (Wildman–Crippen LogP) is 4.29. The minimum Gasteiger partial charge on any atom is -0.294 e. The van der Waals surface area contributed by atoms with Crippen LogP contribution in [0.5, 0.6) is 0 Å². The lowest BCUT2D eigenvalue weighted by atomic mass is 9.97. The number of amides is 1. The SMILES string of the molecule is CCCCC1=NC2(CCCC2)C(=O)N1Cc1ccc(-c2ccccc2-c2nnn(C(=O)CCON(O)O)n2)cc1. The van der Waals surface area contributed by atoms with Crippen molar-refractivity contribution in [2.45, 2.75) is 70.4 Å². The molecule has 40 heavy (non-hydrogen) atoms. The Bertz CT molecular complexity index is 1380. The summed E-state index contributed by atoms with van der Waals surface area (Å²) in [6, 6.07) is 15.6. The number of nitrogens with zero attached hydrogens (tertiary/aromatic N) is 7. The Balaban J connectivity index is 1.32. The molecule has 1 aromatic heterocycles. The summed E-state index contributed by atoms with van der Waals surface area (Å²) in [5, 5.41) is 28.9. The molecule has 2 heterocycles. The number of amidine groups is 1. The highest BCUT2D eigenvalue weighted by molar-refractivity contribution is 6.08. The van der Waals surface area contributed by atoms with Crippen molar-refractivity contribution in [1.29, 1.82) is 0 Å². The molecule has 1 aliphatic carbocycles. The Morgan fingerprint density at radius 1 is 1.07 bits per heavy atom. The molecule has 1 saturated carbocycles. The Kier molecular flexibility index (Phi) is 8.40. The van der Waals surface area contributed by atoms with Gasteiger partial charge in [0.2, 0.25) is 5.82 Å². The van der Waals surface area contributed by atoms with E-state index in [1.54, 1.807) is 0 Å². The van der Waals surface area contributed by atoms with Gasteiger partial charge in [0.15, 0.2) is 0 Å². The van der Waals surface area contributed by atoms with Crippen LogP contribution in [0.3, 0.4) is 0 Å². The van der Waals surface area contributed by atoms with Gasteiger partial charge in [0.05, 0.1) is 25.0 Å². The second-order valence-corrected chi connectivity index (χ2v) is 10.1. The molecule has 1 spiro atoms. The molecule has 1 fully saturated rings. The smallest absolute Gasteiger partial charge is 0.268 e. The van der Waals surface area contributed by atoms with E-state index in [4.69, 9.17) is 15.4 Å². The first-order valence-electron chi connectivity index (χ1n) is 13.6. The molecule has 3 aromatic rings. The fourth-order valence-corrected chi connectivity index (χ4v) is 5.34.